The summed E-state index contributed by atoms with van der Waals surface area (Å²) in [5.41, 5.74) is 3.59. The van der Waals surface area contributed by atoms with Gasteiger partial charge in [-0.05, 0) is 29.0 Å². The molecule has 0 aliphatic carbocycles. The molecule has 3 rings (SSSR count). The first-order valence-corrected chi connectivity index (χ1v) is 7.10. The molecule has 0 spiro atoms. The number of fused-ring (bicyclic) bond motifs is 1. The van der Waals surface area contributed by atoms with E-state index >= 15 is 0 Å². The van der Waals surface area contributed by atoms with Crippen molar-refractivity contribution in [3.05, 3.63) is 58.9 Å². The van der Waals surface area contributed by atoms with Crippen molar-refractivity contribution in [2.75, 3.05) is 0 Å². The number of hydrogen-bond acceptors (Lipinski definition) is 3. The predicted molar refractivity (Wildman–Crippen MR) is 82.0 cm³/mol. The Kier molecular flexibility index (Phi) is 3.60. The number of para-hydroxylation sites is 1. The predicted octanol–water partition coefficient (Wildman–Crippen LogP) is 2.85. The number of nitrogens with one attached hydrogen (secondary N) is 1. The molecule has 0 fully saturated rings. The third kappa shape index (κ3) is 2.78. The molecule has 0 radical (unpaired) electrons. The van der Waals surface area contributed by atoms with Crippen LogP contribution in [0.3, 0.4) is 0 Å². The second-order valence-corrected chi connectivity index (χ2v) is 5.29. The zero-order valence-electron chi connectivity index (χ0n) is 10.7. The van der Waals surface area contributed by atoms with Crippen LogP contribution in [0.2, 0.25) is 0 Å². The lowest BCUT2D eigenvalue weighted by Gasteiger charge is -2.03. The maximum absolute atomic E-state index is 11.8. The minimum absolute atomic E-state index is 0.140. The molecule has 2 heterocycles. The number of amides is 1. The van der Waals surface area contributed by atoms with Crippen molar-refractivity contribution in [1.29, 1.82) is 0 Å². The van der Waals surface area contributed by atoms with E-state index in [4.69, 9.17) is 0 Å². The molecule has 100 valence electrons. The number of carbonyl (C=O) groups excluding carboxylic acids is 1. The molecule has 3 aromatic rings. The van der Waals surface area contributed by atoms with Crippen LogP contribution in [0.25, 0.3) is 10.9 Å². The molecule has 0 bridgehead atoms. The van der Waals surface area contributed by atoms with Crippen LogP contribution >= 0.6 is 11.3 Å². The fourth-order valence-electron chi connectivity index (χ4n) is 2.00. The molecule has 0 aliphatic heterocycles. The van der Waals surface area contributed by atoms with Crippen molar-refractivity contribution in [2.24, 2.45) is 5.10 Å². The van der Waals surface area contributed by atoms with Crippen molar-refractivity contribution in [2.45, 2.75) is 6.54 Å². The molecule has 0 saturated carbocycles. The van der Waals surface area contributed by atoms with Gasteiger partial charge < -0.3 is 4.57 Å². The highest BCUT2D eigenvalue weighted by Crippen LogP contribution is 2.14. The van der Waals surface area contributed by atoms with E-state index in [2.05, 4.69) is 10.5 Å². The van der Waals surface area contributed by atoms with Gasteiger partial charge in [-0.2, -0.15) is 5.10 Å². The van der Waals surface area contributed by atoms with Gasteiger partial charge in [0.25, 0.3) is 5.91 Å². The molecule has 0 saturated heterocycles. The normalized spacial score (nSPS) is 11.2. The number of hydrazone groups is 1. The summed E-state index contributed by atoms with van der Waals surface area (Å²) in [6.45, 7) is 0.259. The highest BCUT2D eigenvalue weighted by molar-refractivity contribution is 7.11. The molecule has 0 atom stereocenters. The minimum atomic E-state index is -0.140. The van der Waals surface area contributed by atoms with E-state index in [-0.39, 0.29) is 12.5 Å². The lowest BCUT2D eigenvalue weighted by Crippen LogP contribution is -2.22. The molecule has 20 heavy (non-hydrogen) atoms. The number of aromatic nitrogens is 1. The Morgan fingerprint density at radius 2 is 2.15 bits per heavy atom. The third-order valence-corrected chi connectivity index (χ3v) is 3.73. The number of benzene rings is 1. The molecule has 0 unspecified atom stereocenters. The highest BCUT2D eigenvalue weighted by Gasteiger charge is 2.04. The first-order valence-electron chi connectivity index (χ1n) is 6.22. The monoisotopic (exact) mass is 283 g/mol. The second kappa shape index (κ2) is 5.71. The molecule has 1 aromatic carbocycles. The summed E-state index contributed by atoms with van der Waals surface area (Å²) in [7, 11) is 0. The summed E-state index contributed by atoms with van der Waals surface area (Å²) in [5, 5.41) is 7.04. The fraction of sp³-hybridized carbons (Fsp3) is 0.0667. The fourth-order valence-corrected chi connectivity index (χ4v) is 2.59. The zero-order chi connectivity index (χ0) is 13.8. The van der Waals surface area contributed by atoms with E-state index in [1.165, 1.54) is 0 Å². The Balaban J connectivity index is 1.64. The summed E-state index contributed by atoms with van der Waals surface area (Å²) in [5.74, 6) is -0.140. The Hall–Kier alpha value is -2.40. The molecule has 5 heteroatoms. The van der Waals surface area contributed by atoms with Gasteiger partial charge >= 0.3 is 0 Å². The van der Waals surface area contributed by atoms with Crippen LogP contribution in [0.1, 0.15) is 4.88 Å². The summed E-state index contributed by atoms with van der Waals surface area (Å²) >= 11 is 1.58. The Labute approximate surface area is 120 Å². The number of hydrogen-bond donors (Lipinski definition) is 1. The van der Waals surface area contributed by atoms with E-state index < -0.39 is 0 Å². The van der Waals surface area contributed by atoms with Crippen molar-refractivity contribution in [3.8, 4) is 0 Å². The molecular formula is C15H13N3OS. The first-order chi connectivity index (χ1) is 9.83. The number of carbonyl (C=O) groups is 1. The lowest BCUT2D eigenvalue weighted by atomic mass is 10.2. The number of thiophene rings is 1. The van der Waals surface area contributed by atoms with Gasteiger partial charge in [0.15, 0.2) is 0 Å². The van der Waals surface area contributed by atoms with E-state index in [1.807, 2.05) is 58.6 Å². The lowest BCUT2D eigenvalue weighted by molar-refractivity contribution is -0.121. The van der Waals surface area contributed by atoms with Gasteiger partial charge in [0, 0.05) is 16.6 Å². The van der Waals surface area contributed by atoms with E-state index in [1.54, 1.807) is 17.6 Å². The molecule has 0 aliphatic rings. The largest absolute Gasteiger partial charge is 0.338 e. The van der Waals surface area contributed by atoms with Crippen molar-refractivity contribution in [3.63, 3.8) is 0 Å². The van der Waals surface area contributed by atoms with Crippen molar-refractivity contribution < 1.29 is 4.79 Å². The van der Waals surface area contributed by atoms with Gasteiger partial charge in [-0.15, -0.1) is 11.3 Å². The van der Waals surface area contributed by atoms with Crippen molar-refractivity contribution >= 4 is 34.4 Å². The van der Waals surface area contributed by atoms with Crippen LogP contribution in [0.15, 0.2) is 59.1 Å². The molecule has 1 N–H and O–H groups in total. The Bertz CT molecular complexity index is 743. The average Bonchev–Trinajstić information content (AvgIpc) is 3.09. The van der Waals surface area contributed by atoms with Crippen LogP contribution in [0.5, 0.6) is 0 Å². The maximum atomic E-state index is 11.8. The Morgan fingerprint density at radius 3 is 3.00 bits per heavy atom. The van der Waals surface area contributed by atoms with Gasteiger partial charge in [0.2, 0.25) is 0 Å². The SMILES string of the molecule is O=C(Cn1ccc2ccccc21)N/N=C\c1cccs1. The van der Waals surface area contributed by atoms with E-state index in [0.29, 0.717) is 0 Å². The van der Waals surface area contributed by atoms with E-state index in [9.17, 15) is 4.79 Å². The summed E-state index contributed by atoms with van der Waals surface area (Å²) in [6.07, 6.45) is 3.56. The van der Waals surface area contributed by atoms with Gasteiger partial charge in [-0.25, -0.2) is 5.43 Å². The van der Waals surface area contributed by atoms with Gasteiger partial charge in [0.05, 0.1) is 6.21 Å². The first kappa shape index (κ1) is 12.6. The molecular weight excluding hydrogens is 270 g/mol. The average molecular weight is 283 g/mol. The highest BCUT2D eigenvalue weighted by atomic mass is 32.1. The van der Waals surface area contributed by atoms with Gasteiger partial charge in [0.1, 0.15) is 6.54 Å². The smallest absolute Gasteiger partial charge is 0.259 e. The molecule has 2 aromatic heterocycles. The standard InChI is InChI=1S/C15H13N3OS/c19-15(17-16-10-13-5-3-9-20-13)11-18-8-7-12-4-1-2-6-14(12)18/h1-10H,11H2,(H,17,19)/b16-10-. The van der Waals surface area contributed by atoms with E-state index in [0.717, 1.165) is 15.8 Å². The van der Waals surface area contributed by atoms with Gasteiger partial charge in [-0.3, -0.25) is 4.79 Å². The number of rotatable bonds is 4. The summed E-state index contributed by atoms with van der Waals surface area (Å²) in [6, 6.07) is 13.9. The van der Waals surface area contributed by atoms with Crippen LogP contribution in [0.4, 0.5) is 0 Å². The molecule has 4 nitrogen and oxygen atoms in total. The minimum Gasteiger partial charge on any atom is -0.338 e. The van der Waals surface area contributed by atoms with Crippen LogP contribution in [-0.4, -0.2) is 16.7 Å². The summed E-state index contributed by atoms with van der Waals surface area (Å²) in [4.78, 5) is 12.9. The third-order valence-electron chi connectivity index (χ3n) is 2.92. The maximum Gasteiger partial charge on any atom is 0.259 e. The number of nitrogens with zero attached hydrogens (tertiary/aromatic N) is 2. The van der Waals surface area contributed by atoms with Crippen LogP contribution in [-0.2, 0) is 11.3 Å². The van der Waals surface area contributed by atoms with Crippen molar-refractivity contribution in [1.82, 2.24) is 9.99 Å². The molecule has 1 amide bonds. The second-order valence-electron chi connectivity index (χ2n) is 4.31. The van der Waals surface area contributed by atoms with Crippen LogP contribution < -0.4 is 5.43 Å². The zero-order valence-corrected chi connectivity index (χ0v) is 11.5. The van der Waals surface area contributed by atoms with Gasteiger partial charge in [-0.1, -0.05) is 24.3 Å². The summed E-state index contributed by atoms with van der Waals surface area (Å²) < 4.78 is 1.91. The Morgan fingerprint density at radius 1 is 1.25 bits per heavy atom. The van der Waals surface area contributed by atoms with Crippen LogP contribution in [0, 0.1) is 0 Å². The topological polar surface area (TPSA) is 46.4 Å². The quantitative estimate of drug-likeness (QED) is 0.581.